The van der Waals surface area contributed by atoms with E-state index in [1.54, 1.807) is 0 Å². The number of carbonyl (C=O) groups excluding carboxylic acids is 1. The highest BCUT2D eigenvalue weighted by molar-refractivity contribution is 7.65. The number of methoxy groups -OCH3 is 1. The summed E-state index contributed by atoms with van der Waals surface area (Å²) in [4.78, 5) is 75.4. The van der Waals surface area contributed by atoms with Gasteiger partial charge in [-0.1, -0.05) is 0 Å². The maximum Gasteiger partial charge on any atom is 0.280 e. The molecule has 0 radical (unpaired) electrons. The standard InChI is InChI=1S/C22H33N10O18P3/c1-30-6-32(16-10(30)18(37)29-22(24)27-16)20-13(35)14(44-2)8(48-20)4-46-52(40,41)50-53(42,43)49-51(38,39)45-3-7-11(33)12(34)19(47-7)31-5-25-9-15(31)26-21(23)28-17(9)36/h5-8,11-14,19-20,27,33-35H,3-4,24H2,1-2H3,(H,29,37)(H,38,39)(H,40,41)(H,42,43)(H3,23,26,28,36)/p-3/t7-,8-,11+,12?,13?,14?,19-,20-/m1/s1. The van der Waals surface area contributed by atoms with Crippen molar-refractivity contribution >= 4 is 58.8 Å². The largest absolute Gasteiger partial charge is 0.756 e. The highest BCUT2D eigenvalue weighted by Gasteiger charge is 2.52. The second-order valence-corrected chi connectivity index (χ2v) is 16.0. The van der Waals surface area contributed by atoms with E-state index in [0.29, 0.717) is 0 Å². The third-order valence-electron chi connectivity index (χ3n) is 7.96. The zero-order valence-corrected chi connectivity index (χ0v) is 29.6. The molecule has 31 heteroatoms. The van der Waals surface area contributed by atoms with Gasteiger partial charge in [-0.3, -0.25) is 32.8 Å². The molecule has 2 aromatic rings. The maximum atomic E-state index is 12.5. The van der Waals surface area contributed by atoms with E-state index in [1.165, 1.54) is 22.9 Å². The number of likely N-dealkylation sites (N-methyl/N-ethyl adjacent to an activating group) is 1. The number of aliphatic hydroxyl groups excluding tert-OH is 3. The van der Waals surface area contributed by atoms with E-state index in [-0.39, 0.29) is 35.3 Å². The number of carbonyl (C=O) groups is 1. The molecule has 0 aliphatic carbocycles. The average molecular weight is 815 g/mol. The monoisotopic (exact) mass is 815 g/mol. The molecule has 1 amide bonds. The molecule has 2 aromatic heterocycles. The number of H-pyrrole nitrogens is 1. The normalized spacial score (nSPS) is 32.2. The molecule has 6 heterocycles. The minimum atomic E-state index is -6.35. The van der Waals surface area contributed by atoms with E-state index in [2.05, 4.69) is 42.9 Å². The number of nitrogens with one attached hydrogen (secondary N) is 3. The first-order valence-corrected chi connectivity index (χ1v) is 19.2. The minimum absolute atomic E-state index is 0.0891. The molecule has 6 rings (SSSR count). The predicted molar refractivity (Wildman–Crippen MR) is 160 cm³/mol. The molecule has 6 unspecified atom stereocenters. The quantitative estimate of drug-likeness (QED) is 0.0528. The fraction of sp³-hybridized carbons (Fsp3) is 0.545. The lowest BCUT2D eigenvalue weighted by atomic mass is 10.1. The smallest absolute Gasteiger partial charge is 0.280 e. The van der Waals surface area contributed by atoms with Crippen LogP contribution < -0.4 is 42.0 Å². The molecule has 2 saturated heterocycles. The van der Waals surface area contributed by atoms with Crippen LogP contribution in [-0.4, -0.2) is 133 Å². The van der Waals surface area contributed by atoms with Crippen LogP contribution in [0.3, 0.4) is 0 Å². The van der Waals surface area contributed by atoms with Crippen molar-refractivity contribution in [3.05, 3.63) is 28.9 Å². The van der Waals surface area contributed by atoms with Gasteiger partial charge in [0.1, 0.15) is 36.6 Å². The number of rotatable bonds is 13. The number of hydrogen-bond acceptors (Lipinski definition) is 23. The zero-order valence-electron chi connectivity index (χ0n) is 26.9. The Balaban J connectivity index is 1.04. The Morgan fingerprint density at radius 3 is 2.26 bits per heavy atom. The summed E-state index contributed by atoms with van der Waals surface area (Å²) in [6.45, 7) is -2.22. The first-order valence-electron chi connectivity index (χ1n) is 14.8. The van der Waals surface area contributed by atoms with Crippen LogP contribution >= 0.6 is 23.5 Å². The van der Waals surface area contributed by atoms with Crippen LogP contribution in [0.2, 0.25) is 0 Å². The van der Waals surface area contributed by atoms with Crippen molar-refractivity contribution in [1.29, 1.82) is 0 Å². The van der Waals surface area contributed by atoms with Gasteiger partial charge in [-0.2, -0.15) is 4.98 Å². The van der Waals surface area contributed by atoms with Crippen molar-refractivity contribution in [3.63, 3.8) is 0 Å². The van der Waals surface area contributed by atoms with Gasteiger partial charge in [-0.15, -0.1) is 0 Å². The van der Waals surface area contributed by atoms with Crippen LogP contribution in [-0.2, 0) is 50.4 Å². The molecule has 0 bridgehead atoms. The number of aliphatic hydroxyl groups is 3. The zero-order chi connectivity index (χ0) is 38.8. The first-order chi connectivity index (χ1) is 24.7. The van der Waals surface area contributed by atoms with Crippen LogP contribution in [0, 0.1) is 12.2 Å². The third kappa shape index (κ3) is 7.85. The average Bonchev–Trinajstić information content (AvgIpc) is 3.76. The Bertz CT molecular complexity index is 2030. The van der Waals surface area contributed by atoms with E-state index in [1.807, 2.05) is 0 Å². The van der Waals surface area contributed by atoms with Gasteiger partial charge < -0.3 is 84.5 Å². The molecule has 294 valence electrons. The van der Waals surface area contributed by atoms with Crippen LogP contribution in [0.25, 0.3) is 11.2 Å². The number of amides is 1. The summed E-state index contributed by atoms with van der Waals surface area (Å²) in [6, 6.07) is 0.0891. The summed E-state index contributed by atoms with van der Waals surface area (Å²) in [7, 11) is -15.7. The molecular weight excluding hydrogens is 785 g/mol. The Morgan fingerprint density at radius 2 is 1.62 bits per heavy atom. The number of ether oxygens (including phenoxy) is 3. The fourth-order valence-corrected chi connectivity index (χ4v) is 9.14. The number of nitrogens with zero attached hydrogens (tertiary/aromatic N) is 5. The van der Waals surface area contributed by atoms with Gasteiger partial charge in [0.2, 0.25) is 24.0 Å². The number of aromatic nitrogens is 4. The lowest BCUT2D eigenvalue weighted by molar-refractivity contribution is -0.524. The number of guanidine groups is 1. The summed E-state index contributed by atoms with van der Waals surface area (Å²) in [5.41, 5.74) is 10.1. The molecule has 28 nitrogen and oxygen atoms in total. The molecule has 0 spiro atoms. The topological polar surface area (TPSA) is 411 Å². The number of fused-ring (bicyclic) bond motifs is 2. The first kappa shape index (κ1) is 39.2. The summed E-state index contributed by atoms with van der Waals surface area (Å²) >= 11 is 0. The van der Waals surface area contributed by atoms with Crippen molar-refractivity contribution in [3.8, 4) is 0 Å². The van der Waals surface area contributed by atoms with Crippen LogP contribution in [0.1, 0.15) is 6.23 Å². The van der Waals surface area contributed by atoms with E-state index >= 15 is 0 Å². The van der Waals surface area contributed by atoms with E-state index in [9.17, 15) is 53.3 Å². The molecule has 11 atom stereocenters. The molecule has 53 heavy (non-hydrogen) atoms. The van der Waals surface area contributed by atoms with Crippen molar-refractivity contribution in [1.82, 2.24) is 29.7 Å². The second-order valence-electron chi connectivity index (χ2n) is 11.5. The van der Waals surface area contributed by atoms with Gasteiger partial charge in [0.05, 0.1) is 38.1 Å². The van der Waals surface area contributed by atoms with Gasteiger partial charge in [0.15, 0.2) is 17.4 Å². The van der Waals surface area contributed by atoms with Crippen molar-refractivity contribution in [2.24, 2.45) is 5.73 Å². The van der Waals surface area contributed by atoms with Crippen LogP contribution in [0.5, 0.6) is 0 Å². The predicted octanol–water partition coefficient (Wildman–Crippen LogP) is -8.57. The van der Waals surface area contributed by atoms with E-state index < -0.39 is 97.2 Å². The summed E-state index contributed by atoms with van der Waals surface area (Å²) < 4.78 is 72.5. The number of phosphoric ester groups is 2. The Morgan fingerprint density at radius 1 is 1.00 bits per heavy atom. The maximum absolute atomic E-state index is 12.5. The summed E-state index contributed by atoms with van der Waals surface area (Å²) in [5, 5.41) is 34.2. The number of nitrogens with two attached hydrogens (primary N) is 2. The molecule has 0 aromatic carbocycles. The van der Waals surface area contributed by atoms with Crippen LogP contribution in [0.15, 0.2) is 11.1 Å². The lowest BCUT2D eigenvalue weighted by Crippen LogP contribution is -2.88. The van der Waals surface area contributed by atoms with Gasteiger partial charge in [-0.25, -0.2) is 13.6 Å². The number of anilines is 1. The molecule has 4 aliphatic rings. The van der Waals surface area contributed by atoms with Crippen molar-refractivity contribution < 1.29 is 89.9 Å². The molecule has 4 aliphatic heterocycles. The molecule has 0 saturated carbocycles. The number of phosphoric acid groups is 3. The van der Waals surface area contributed by atoms with Gasteiger partial charge in [-0.05, 0) is 0 Å². The molecule has 2 fully saturated rings. The Kier molecular flexibility index (Phi) is 10.6. The van der Waals surface area contributed by atoms with Gasteiger partial charge >= 0.3 is 0 Å². The fourth-order valence-electron chi connectivity index (χ4n) is 5.75. The second kappa shape index (κ2) is 14.3. The van der Waals surface area contributed by atoms with Crippen molar-refractivity contribution in [2.75, 3.05) is 33.1 Å². The summed E-state index contributed by atoms with van der Waals surface area (Å²) in [5.74, 6) is -1.05. The number of hydrogen-bond donors (Lipinski definition) is 8. The lowest BCUT2D eigenvalue weighted by Gasteiger charge is -2.37. The van der Waals surface area contributed by atoms with E-state index in [4.69, 9.17) is 25.7 Å². The summed E-state index contributed by atoms with van der Waals surface area (Å²) in [6.07, 6.45) is -9.99. The van der Waals surface area contributed by atoms with Crippen LogP contribution in [0.4, 0.5) is 5.95 Å². The molecular formula is C22H30N10O18P3-3. The number of aromatic amines is 1. The minimum Gasteiger partial charge on any atom is -0.756 e. The molecule has 10 N–H and O–H groups in total. The third-order valence-corrected chi connectivity index (χ3v) is 12.1. The van der Waals surface area contributed by atoms with Crippen molar-refractivity contribution in [2.45, 2.75) is 49.1 Å². The highest BCUT2D eigenvalue weighted by Crippen LogP contribution is 2.63. The highest BCUT2D eigenvalue weighted by atomic mass is 31.3. The van der Waals surface area contributed by atoms with Gasteiger partial charge in [0.25, 0.3) is 29.0 Å². The Labute approximate surface area is 295 Å². The SMILES string of the molecule is COC1C(O)[C@H](N2C=[N+](C)[C-]3C(=O)NC(N)=[NH+][C-]32)O[C@@H]1COP(=O)([O-])OP(=O)([O-])OP(=O)([O-])OC[C@H]1O[C@@H](n2cnc3c(=O)[nH]c(N)nc32)C(O)[C@H]1O. The Hall–Kier alpha value is -3.53. The van der Waals surface area contributed by atoms with E-state index in [0.717, 1.165) is 18.0 Å². The van der Waals surface area contributed by atoms with Gasteiger partial charge in [0, 0.05) is 14.2 Å². The number of imidazole rings is 1. The number of nitrogen functional groups attached to an aromatic ring is 1.